The fourth-order valence-corrected chi connectivity index (χ4v) is 1.36. The Kier molecular flexibility index (Phi) is 6.11. The molecule has 1 aromatic rings. The lowest BCUT2D eigenvalue weighted by Gasteiger charge is -2.07. The zero-order valence-corrected chi connectivity index (χ0v) is 10.8. The molecule has 0 fully saturated rings. The fourth-order valence-electron chi connectivity index (χ4n) is 1.36. The van der Waals surface area contributed by atoms with Crippen LogP contribution in [0.2, 0.25) is 0 Å². The number of amides is 1. The quantitative estimate of drug-likeness (QED) is 0.323. The molecule has 1 amide bonds. The Morgan fingerprint density at radius 1 is 1.50 bits per heavy atom. The summed E-state index contributed by atoms with van der Waals surface area (Å²) in [4.78, 5) is 32.1. The molecule has 1 aromatic carbocycles. The predicted molar refractivity (Wildman–Crippen MR) is 68.9 cm³/mol. The van der Waals surface area contributed by atoms with Crippen LogP contribution >= 0.6 is 0 Å². The third-order valence-corrected chi connectivity index (χ3v) is 2.30. The number of nitrogens with one attached hydrogen (secondary N) is 1. The number of nitro groups is 1. The molecule has 8 nitrogen and oxygen atoms in total. The minimum Gasteiger partial charge on any atom is -0.477 e. The summed E-state index contributed by atoms with van der Waals surface area (Å²) in [6.45, 7) is 0.329. The van der Waals surface area contributed by atoms with E-state index in [0.717, 1.165) is 6.07 Å². The van der Waals surface area contributed by atoms with Crippen LogP contribution in [0.4, 0.5) is 5.69 Å². The number of nitrogens with zero attached hydrogens (tertiary/aromatic N) is 1. The third-order valence-electron chi connectivity index (χ3n) is 2.30. The zero-order valence-electron chi connectivity index (χ0n) is 10.8. The summed E-state index contributed by atoms with van der Waals surface area (Å²) in [5.41, 5.74) is -0.201. The Bertz CT molecular complexity index is 503. The first kappa shape index (κ1) is 15.6. The van der Waals surface area contributed by atoms with Crippen molar-refractivity contribution in [3.8, 4) is 5.75 Å². The molecule has 0 aliphatic heterocycles. The number of methoxy groups -OCH3 is 1. The molecule has 0 aliphatic carbocycles. The lowest BCUT2D eigenvalue weighted by atomic mass is 10.2. The minimum absolute atomic E-state index is 0.0671. The monoisotopic (exact) mass is 282 g/mol. The van der Waals surface area contributed by atoms with E-state index in [1.807, 2.05) is 0 Å². The van der Waals surface area contributed by atoms with Gasteiger partial charge >= 0.3 is 5.69 Å². The van der Waals surface area contributed by atoms with Crippen molar-refractivity contribution >= 4 is 17.9 Å². The summed E-state index contributed by atoms with van der Waals surface area (Å²) in [7, 11) is 1.50. The Morgan fingerprint density at radius 2 is 2.25 bits per heavy atom. The largest absolute Gasteiger partial charge is 0.477 e. The molecule has 0 atom stereocenters. The SMILES string of the molecule is COCCNC(=O)COc1ccc(C=O)cc1[N+](=O)[O-]. The average molecular weight is 282 g/mol. The van der Waals surface area contributed by atoms with Crippen LogP contribution in [-0.2, 0) is 9.53 Å². The molecular formula is C12H14N2O6. The average Bonchev–Trinajstić information content (AvgIpc) is 2.45. The number of hydrogen-bond acceptors (Lipinski definition) is 6. The standard InChI is InChI=1S/C12H14N2O6/c1-19-5-4-13-12(16)8-20-11-3-2-9(7-15)6-10(11)14(17)18/h2-3,6-7H,4-5,8H2,1H3,(H,13,16). The first-order chi connectivity index (χ1) is 9.58. The van der Waals surface area contributed by atoms with Gasteiger partial charge in [-0.3, -0.25) is 19.7 Å². The highest BCUT2D eigenvalue weighted by Gasteiger charge is 2.16. The normalized spacial score (nSPS) is 9.85. The fraction of sp³-hybridized carbons (Fsp3) is 0.333. The van der Waals surface area contributed by atoms with E-state index in [4.69, 9.17) is 9.47 Å². The van der Waals surface area contributed by atoms with E-state index < -0.39 is 10.8 Å². The Morgan fingerprint density at radius 3 is 2.85 bits per heavy atom. The van der Waals surface area contributed by atoms with Gasteiger partial charge in [0.15, 0.2) is 12.4 Å². The van der Waals surface area contributed by atoms with Gasteiger partial charge in [0, 0.05) is 25.3 Å². The van der Waals surface area contributed by atoms with E-state index in [9.17, 15) is 19.7 Å². The molecule has 20 heavy (non-hydrogen) atoms. The molecule has 8 heteroatoms. The van der Waals surface area contributed by atoms with Gasteiger partial charge in [-0.25, -0.2) is 0 Å². The summed E-state index contributed by atoms with van der Waals surface area (Å²) in [5, 5.41) is 13.3. The van der Waals surface area contributed by atoms with Crippen molar-refractivity contribution in [3.63, 3.8) is 0 Å². The summed E-state index contributed by atoms with van der Waals surface area (Å²) >= 11 is 0. The van der Waals surface area contributed by atoms with Gasteiger partial charge in [0.2, 0.25) is 0 Å². The Balaban J connectivity index is 2.65. The minimum atomic E-state index is -0.675. The number of carbonyl (C=O) groups is 2. The maximum atomic E-state index is 11.4. The molecule has 0 aliphatic rings. The van der Waals surface area contributed by atoms with Crippen LogP contribution in [0.15, 0.2) is 18.2 Å². The second-order valence-corrected chi connectivity index (χ2v) is 3.73. The lowest BCUT2D eigenvalue weighted by Crippen LogP contribution is -2.31. The molecule has 0 saturated carbocycles. The number of benzene rings is 1. The Labute approximate surface area is 114 Å². The van der Waals surface area contributed by atoms with Gasteiger partial charge < -0.3 is 14.8 Å². The van der Waals surface area contributed by atoms with Crippen molar-refractivity contribution < 1.29 is 24.0 Å². The molecule has 1 rings (SSSR count). The molecule has 0 radical (unpaired) electrons. The molecule has 108 valence electrons. The van der Waals surface area contributed by atoms with Crippen molar-refractivity contribution in [1.29, 1.82) is 0 Å². The molecule has 0 spiro atoms. The summed E-state index contributed by atoms with van der Waals surface area (Å²) in [6, 6.07) is 3.74. The summed E-state index contributed by atoms with van der Waals surface area (Å²) in [6.07, 6.45) is 0.494. The van der Waals surface area contributed by atoms with Crippen LogP contribution in [0.25, 0.3) is 0 Å². The van der Waals surface area contributed by atoms with E-state index in [1.54, 1.807) is 0 Å². The van der Waals surface area contributed by atoms with Crippen molar-refractivity contribution in [2.75, 3.05) is 26.9 Å². The summed E-state index contributed by atoms with van der Waals surface area (Å²) in [5.74, 6) is -0.488. The predicted octanol–water partition coefficient (Wildman–Crippen LogP) is 0.549. The van der Waals surface area contributed by atoms with Crippen molar-refractivity contribution in [2.45, 2.75) is 0 Å². The highest BCUT2D eigenvalue weighted by molar-refractivity contribution is 5.79. The van der Waals surface area contributed by atoms with Gasteiger partial charge in [-0.1, -0.05) is 0 Å². The van der Waals surface area contributed by atoms with Gasteiger partial charge in [0.05, 0.1) is 11.5 Å². The number of carbonyl (C=O) groups excluding carboxylic acids is 2. The Hall–Kier alpha value is -2.48. The highest BCUT2D eigenvalue weighted by atomic mass is 16.6. The molecule has 0 bridgehead atoms. The second kappa shape index (κ2) is 7.85. The van der Waals surface area contributed by atoms with E-state index in [0.29, 0.717) is 19.4 Å². The van der Waals surface area contributed by atoms with Crippen molar-refractivity contribution in [1.82, 2.24) is 5.32 Å². The molecular weight excluding hydrogens is 268 g/mol. The molecule has 0 saturated heterocycles. The van der Waals surface area contributed by atoms with Gasteiger partial charge in [-0.15, -0.1) is 0 Å². The highest BCUT2D eigenvalue weighted by Crippen LogP contribution is 2.27. The second-order valence-electron chi connectivity index (χ2n) is 3.73. The zero-order chi connectivity index (χ0) is 15.0. The van der Waals surface area contributed by atoms with Crippen LogP contribution in [0.1, 0.15) is 10.4 Å². The van der Waals surface area contributed by atoms with Crippen molar-refractivity contribution in [2.24, 2.45) is 0 Å². The number of rotatable bonds is 8. The smallest absolute Gasteiger partial charge is 0.311 e. The number of nitro benzene ring substituents is 1. The maximum Gasteiger partial charge on any atom is 0.311 e. The summed E-state index contributed by atoms with van der Waals surface area (Å²) < 4.78 is 9.83. The van der Waals surface area contributed by atoms with Gasteiger partial charge in [-0.05, 0) is 12.1 Å². The van der Waals surface area contributed by atoms with Crippen LogP contribution in [0.5, 0.6) is 5.75 Å². The van der Waals surface area contributed by atoms with Gasteiger partial charge in [0.1, 0.15) is 6.29 Å². The van der Waals surface area contributed by atoms with E-state index >= 15 is 0 Å². The lowest BCUT2D eigenvalue weighted by molar-refractivity contribution is -0.385. The van der Waals surface area contributed by atoms with Crippen molar-refractivity contribution in [3.05, 3.63) is 33.9 Å². The van der Waals surface area contributed by atoms with Crippen LogP contribution in [0, 0.1) is 10.1 Å². The molecule has 0 heterocycles. The van der Waals surface area contributed by atoms with Gasteiger partial charge in [-0.2, -0.15) is 0 Å². The van der Waals surface area contributed by atoms with Gasteiger partial charge in [0.25, 0.3) is 5.91 Å². The van der Waals surface area contributed by atoms with E-state index in [-0.39, 0.29) is 23.6 Å². The first-order valence-electron chi connectivity index (χ1n) is 5.70. The topological polar surface area (TPSA) is 108 Å². The third kappa shape index (κ3) is 4.65. The number of hydrogen-bond donors (Lipinski definition) is 1. The molecule has 0 aromatic heterocycles. The van der Waals surface area contributed by atoms with Crippen LogP contribution in [-0.4, -0.2) is 44.0 Å². The molecule has 0 unspecified atom stereocenters. The van der Waals surface area contributed by atoms with E-state index in [1.165, 1.54) is 19.2 Å². The van der Waals surface area contributed by atoms with Crippen LogP contribution < -0.4 is 10.1 Å². The number of ether oxygens (including phenoxy) is 2. The van der Waals surface area contributed by atoms with Crippen LogP contribution in [0.3, 0.4) is 0 Å². The molecule has 1 N–H and O–H groups in total. The van der Waals surface area contributed by atoms with E-state index in [2.05, 4.69) is 5.32 Å². The number of aldehydes is 1. The maximum absolute atomic E-state index is 11.4. The first-order valence-corrected chi connectivity index (χ1v) is 5.70.